The molecule has 2 rings (SSSR count). The van der Waals surface area contributed by atoms with Crippen LogP contribution in [0.25, 0.3) is 0 Å². The van der Waals surface area contributed by atoms with Crippen molar-refractivity contribution in [2.75, 3.05) is 0 Å². The molecule has 0 heteroatoms. The molecule has 0 heterocycles. The second-order valence-electron chi connectivity index (χ2n) is 4.15. The lowest BCUT2D eigenvalue weighted by atomic mass is 9.77. The maximum Gasteiger partial charge on any atom is 0.0240 e. The summed E-state index contributed by atoms with van der Waals surface area (Å²) in [5, 5.41) is 0. The largest absolute Gasteiger partial charge is 0.120 e. The maximum absolute atomic E-state index is 5.51. The Bertz CT molecular complexity index is 357. The van der Waals surface area contributed by atoms with Crippen LogP contribution in [0.2, 0.25) is 0 Å². The molecule has 0 amide bonds. The minimum Gasteiger partial charge on any atom is -0.120 e. The highest BCUT2D eigenvalue weighted by atomic mass is 14.3. The first-order chi connectivity index (χ1) is 6.83. The predicted octanol–water partition coefficient (Wildman–Crippen LogP) is 3.38. The first-order valence-electron chi connectivity index (χ1n) is 5.37. The summed E-state index contributed by atoms with van der Waals surface area (Å²) in [4.78, 5) is 0. The number of benzene rings is 1. The van der Waals surface area contributed by atoms with Gasteiger partial charge in [-0.25, -0.2) is 0 Å². The molecule has 72 valence electrons. The van der Waals surface area contributed by atoms with E-state index in [0.717, 1.165) is 0 Å². The summed E-state index contributed by atoms with van der Waals surface area (Å²) in [6.07, 6.45) is 9.27. The average molecular weight is 184 g/mol. The second-order valence-corrected chi connectivity index (χ2v) is 4.15. The van der Waals surface area contributed by atoms with Crippen molar-refractivity contribution in [2.24, 2.45) is 5.92 Å². The van der Waals surface area contributed by atoms with Crippen molar-refractivity contribution in [3.05, 3.63) is 35.4 Å². The molecular formula is C14H16. The minimum atomic E-state index is 0.372. The van der Waals surface area contributed by atoms with Crippen molar-refractivity contribution in [1.82, 2.24) is 0 Å². The fourth-order valence-electron chi connectivity index (χ4n) is 2.43. The fourth-order valence-corrected chi connectivity index (χ4v) is 2.43. The molecule has 0 N–H and O–H groups in total. The zero-order valence-corrected chi connectivity index (χ0v) is 8.66. The van der Waals surface area contributed by atoms with Gasteiger partial charge in [-0.1, -0.05) is 31.2 Å². The van der Waals surface area contributed by atoms with Gasteiger partial charge in [0.05, 0.1) is 0 Å². The van der Waals surface area contributed by atoms with Crippen LogP contribution in [0.5, 0.6) is 0 Å². The van der Waals surface area contributed by atoms with Gasteiger partial charge in [0.15, 0.2) is 0 Å². The van der Waals surface area contributed by atoms with Gasteiger partial charge in [0.25, 0.3) is 0 Å². The summed E-state index contributed by atoms with van der Waals surface area (Å²) in [6.45, 7) is 2.16. The van der Waals surface area contributed by atoms with Crippen LogP contribution in [0.3, 0.4) is 0 Å². The monoisotopic (exact) mass is 184 g/mol. The van der Waals surface area contributed by atoms with E-state index in [1.807, 2.05) is 0 Å². The van der Waals surface area contributed by atoms with E-state index in [4.69, 9.17) is 6.42 Å². The molecule has 1 aliphatic rings. The molecule has 0 saturated heterocycles. The van der Waals surface area contributed by atoms with Crippen molar-refractivity contribution in [2.45, 2.75) is 32.1 Å². The van der Waals surface area contributed by atoms with Crippen LogP contribution in [-0.4, -0.2) is 0 Å². The van der Waals surface area contributed by atoms with Gasteiger partial charge < -0.3 is 0 Å². The summed E-state index contributed by atoms with van der Waals surface area (Å²) in [5.74, 6) is 3.84. The molecule has 2 atom stereocenters. The lowest BCUT2D eigenvalue weighted by Crippen LogP contribution is -2.15. The summed E-state index contributed by atoms with van der Waals surface area (Å²) >= 11 is 0. The van der Waals surface area contributed by atoms with Gasteiger partial charge in [-0.2, -0.15) is 0 Å². The van der Waals surface area contributed by atoms with E-state index < -0.39 is 0 Å². The van der Waals surface area contributed by atoms with Crippen molar-refractivity contribution >= 4 is 0 Å². The molecule has 14 heavy (non-hydrogen) atoms. The van der Waals surface area contributed by atoms with E-state index >= 15 is 0 Å². The predicted molar refractivity (Wildman–Crippen MR) is 60.1 cm³/mol. The quantitative estimate of drug-likeness (QED) is 0.587. The van der Waals surface area contributed by atoms with Gasteiger partial charge in [-0.3, -0.25) is 0 Å². The Morgan fingerprint density at radius 2 is 2.21 bits per heavy atom. The normalized spacial score (nSPS) is 22.1. The number of hydrogen-bond acceptors (Lipinski definition) is 0. The molecule has 0 saturated carbocycles. The van der Waals surface area contributed by atoms with Crippen molar-refractivity contribution < 1.29 is 0 Å². The molecule has 0 nitrogen and oxygen atoms in total. The smallest absolute Gasteiger partial charge is 0.0240 e. The molecule has 0 spiro atoms. The molecular weight excluding hydrogens is 168 g/mol. The van der Waals surface area contributed by atoms with Crippen LogP contribution in [0.1, 0.15) is 36.8 Å². The van der Waals surface area contributed by atoms with E-state index in [9.17, 15) is 0 Å². The zero-order chi connectivity index (χ0) is 9.97. The topological polar surface area (TPSA) is 0 Å². The lowest BCUT2D eigenvalue weighted by molar-refractivity contribution is 0.477. The third-order valence-corrected chi connectivity index (χ3v) is 3.28. The number of fused-ring (bicyclic) bond motifs is 1. The second kappa shape index (κ2) is 3.88. The Labute approximate surface area is 86.3 Å². The third-order valence-electron chi connectivity index (χ3n) is 3.28. The van der Waals surface area contributed by atoms with Gasteiger partial charge in [0.1, 0.15) is 0 Å². The molecule has 0 radical (unpaired) electrons. The molecule has 0 fully saturated rings. The Balaban J connectivity index is 2.36. The van der Waals surface area contributed by atoms with Gasteiger partial charge >= 0.3 is 0 Å². The highest BCUT2D eigenvalue weighted by Gasteiger charge is 2.23. The van der Waals surface area contributed by atoms with Crippen LogP contribution in [0, 0.1) is 18.3 Å². The van der Waals surface area contributed by atoms with Crippen LogP contribution >= 0.6 is 0 Å². The van der Waals surface area contributed by atoms with Gasteiger partial charge in [0.2, 0.25) is 0 Å². The number of terminal acetylenes is 1. The molecule has 0 aromatic heterocycles. The summed E-state index contributed by atoms with van der Waals surface area (Å²) in [5.41, 5.74) is 3.00. The highest BCUT2D eigenvalue weighted by Crippen LogP contribution is 2.36. The number of rotatable bonds is 1. The van der Waals surface area contributed by atoms with Gasteiger partial charge in [0, 0.05) is 5.92 Å². The molecule has 2 unspecified atom stereocenters. The number of hydrogen-bond donors (Lipinski definition) is 0. The maximum atomic E-state index is 5.51. The van der Waals surface area contributed by atoms with Crippen LogP contribution in [0.4, 0.5) is 0 Å². The Kier molecular flexibility index (Phi) is 2.59. The van der Waals surface area contributed by atoms with Crippen LogP contribution < -0.4 is 0 Å². The van der Waals surface area contributed by atoms with E-state index in [1.54, 1.807) is 0 Å². The Morgan fingerprint density at radius 3 is 3.00 bits per heavy atom. The first-order valence-corrected chi connectivity index (χ1v) is 5.37. The SMILES string of the molecule is C#CC(C)C1CCCc2ccccc21. The van der Waals surface area contributed by atoms with E-state index in [2.05, 4.69) is 37.1 Å². The summed E-state index contributed by atoms with van der Waals surface area (Å²) in [7, 11) is 0. The van der Waals surface area contributed by atoms with E-state index in [0.29, 0.717) is 11.8 Å². The minimum absolute atomic E-state index is 0.372. The van der Waals surface area contributed by atoms with Gasteiger partial charge in [-0.05, 0) is 36.3 Å². The average Bonchev–Trinajstić information content (AvgIpc) is 2.27. The van der Waals surface area contributed by atoms with Crippen LogP contribution in [-0.2, 0) is 6.42 Å². The molecule has 1 aromatic carbocycles. The molecule has 0 aliphatic heterocycles. The van der Waals surface area contributed by atoms with E-state index in [-0.39, 0.29) is 0 Å². The Morgan fingerprint density at radius 1 is 1.43 bits per heavy atom. The van der Waals surface area contributed by atoms with Gasteiger partial charge in [-0.15, -0.1) is 12.3 Å². The van der Waals surface area contributed by atoms with Crippen LogP contribution in [0.15, 0.2) is 24.3 Å². The zero-order valence-electron chi connectivity index (χ0n) is 8.66. The highest BCUT2D eigenvalue weighted by molar-refractivity contribution is 5.34. The molecule has 0 bridgehead atoms. The Hall–Kier alpha value is -1.22. The first kappa shape index (κ1) is 9.34. The molecule has 1 aliphatic carbocycles. The lowest BCUT2D eigenvalue weighted by Gasteiger charge is -2.27. The van der Waals surface area contributed by atoms with Crippen molar-refractivity contribution in [1.29, 1.82) is 0 Å². The standard InChI is InChI=1S/C14H16/c1-3-11(2)13-10-6-8-12-7-4-5-9-14(12)13/h1,4-5,7,9,11,13H,6,8,10H2,2H3. The van der Waals surface area contributed by atoms with Crippen molar-refractivity contribution in [3.63, 3.8) is 0 Å². The third kappa shape index (κ3) is 1.55. The summed E-state index contributed by atoms with van der Waals surface area (Å²) in [6, 6.07) is 8.74. The molecule has 1 aromatic rings. The fraction of sp³-hybridized carbons (Fsp3) is 0.429. The number of aryl methyl sites for hydroxylation is 1. The summed E-state index contributed by atoms with van der Waals surface area (Å²) < 4.78 is 0. The van der Waals surface area contributed by atoms with Crippen molar-refractivity contribution in [3.8, 4) is 12.3 Å². The van der Waals surface area contributed by atoms with E-state index in [1.165, 1.54) is 30.4 Å².